The summed E-state index contributed by atoms with van der Waals surface area (Å²) >= 11 is 0. The lowest BCUT2D eigenvalue weighted by Crippen LogP contribution is -2.27. The van der Waals surface area contributed by atoms with Gasteiger partial charge in [0.25, 0.3) is 0 Å². The Bertz CT molecular complexity index is 363. The van der Waals surface area contributed by atoms with Gasteiger partial charge in [-0.3, -0.25) is 0 Å². The van der Waals surface area contributed by atoms with E-state index in [1.54, 1.807) is 19.2 Å². The van der Waals surface area contributed by atoms with Crippen molar-refractivity contribution < 1.29 is 14.3 Å². The molecular formula is C10H12N2O3. The number of hydrogen-bond donors (Lipinski definition) is 0. The number of rotatable bonds is 3. The third-order valence-electron chi connectivity index (χ3n) is 2.16. The van der Waals surface area contributed by atoms with E-state index in [0.29, 0.717) is 31.3 Å². The van der Waals surface area contributed by atoms with Crippen LogP contribution in [-0.2, 0) is 9.47 Å². The van der Waals surface area contributed by atoms with Crippen LogP contribution in [0, 0.1) is 0 Å². The van der Waals surface area contributed by atoms with Gasteiger partial charge in [-0.15, -0.1) is 0 Å². The second-order valence-electron chi connectivity index (χ2n) is 3.25. The number of hydrogen-bond acceptors (Lipinski definition) is 5. The van der Waals surface area contributed by atoms with Crippen LogP contribution in [0.25, 0.3) is 0 Å². The van der Waals surface area contributed by atoms with Gasteiger partial charge in [0.15, 0.2) is 5.69 Å². The highest BCUT2D eigenvalue weighted by atomic mass is 16.5. The first kappa shape index (κ1) is 10.0. The molecule has 0 spiro atoms. The molecule has 1 aliphatic heterocycles. The van der Waals surface area contributed by atoms with E-state index < -0.39 is 5.97 Å². The molecule has 1 saturated heterocycles. The number of ether oxygens (including phenoxy) is 2. The molecule has 2 heterocycles. The maximum atomic E-state index is 11.4. The normalized spacial score (nSPS) is 15.8. The van der Waals surface area contributed by atoms with Crippen molar-refractivity contribution in [3.63, 3.8) is 0 Å². The van der Waals surface area contributed by atoms with Crippen LogP contribution in [0.15, 0.2) is 12.3 Å². The third-order valence-corrected chi connectivity index (χ3v) is 2.16. The summed E-state index contributed by atoms with van der Waals surface area (Å²) in [5.41, 5.74) is 0.314. The fraction of sp³-hybridized carbons (Fsp3) is 0.500. The summed E-state index contributed by atoms with van der Waals surface area (Å²) in [4.78, 5) is 19.6. The first-order valence-electron chi connectivity index (χ1n) is 4.89. The highest BCUT2D eigenvalue weighted by molar-refractivity contribution is 5.87. The Kier molecular flexibility index (Phi) is 2.91. The van der Waals surface area contributed by atoms with Gasteiger partial charge >= 0.3 is 5.97 Å². The maximum absolute atomic E-state index is 11.4. The molecule has 5 nitrogen and oxygen atoms in total. The highest BCUT2D eigenvalue weighted by Crippen LogP contribution is 2.20. The van der Waals surface area contributed by atoms with Crippen LogP contribution in [0.2, 0.25) is 0 Å². The van der Waals surface area contributed by atoms with Crippen LogP contribution >= 0.6 is 0 Å². The summed E-state index contributed by atoms with van der Waals surface area (Å²) in [5, 5.41) is 0. The van der Waals surface area contributed by atoms with E-state index >= 15 is 0 Å². The predicted molar refractivity (Wildman–Crippen MR) is 51.5 cm³/mol. The molecule has 0 radical (unpaired) electrons. The molecule has 0 unspecified atom stereocenters. The van der Waals surface area contributed by atoms with Gasteiger partial charge in [0.1, 0.15) is 5.82 Å². The molecule has 2 rings (SSSR count). The van der Waals surface area contributed by atoms with Gasteiger partial charge in [-0.25, -0.2) is 14.8 Å². The van der Waals surface area contributed by atoms with E-state index in [2.05, 4.69) is 9.97 Å². The summed E-state index contributed by atoms with van der Waals surface area (Å²) in [7, 11) is 0. The smallest absolute Gasteiger partial charge is 0.357 e. The van der Waals surface area contributed by atoms with Gasteiger partial charge in [0.2, 0.25) is 0 Å². The van der Waals surface area contributed by atoms with E-state index in [1.807, 2.05) is 0 Å². The molecule has 0 aliphatic carbocycles. The molecule has 0 N–H and O–H groups in total. The Morgan fingerprint density at radius 2 is 2.47 bits per heavy atom. The molecule has 5 heteroatoms. The van der Waals surface area contributed by atoms with Gasteiger partial charge in [-0.1, -0.05) is 0 Å². The van der Waals surface area contributed by atoms with Crippen molar-refractivity contribution in [2.45, 2.75) is 12.8 Å². The maximum Gasteiger partial charge on any atom is 0.357 e. The number of aromatic nitrogens is 2. The van der Waals surface area contributed by atoms with Crippen molar-refractivity contribution in [3.05, 3.63) is 23.8 Å². The van der Waals surface area contributed by atoms with Crippen LogP contribution in [0.4, 0.5) is 0 Å². The predicted octanol–water partition coefficient (Wildman–Crippen LogP) is 0.767. The largest absolute Gasteiger partial charge is 0.461 e. The van der Waals surface area contributed by atoms with Crippen LogP contribution in [0.5, 0.6) is 0 Å². The second-order valence-corrected chi connectivity index (χ2v) is 3.25. The summed E-state index contributed by atoms with van der Waals surface area (Å²) in [5.74, 6) is 0.479. The van der Waals surface area contributed by atoms with Crippen molar-refractivity contribution in [2.75, 3.05) is 19.8 Å². The Labute approximate surface area is 87.4 Å². The summed E-state index contributed by atoms with van der Waals surface area (Å²) < 4.78 is 9.89. The minimum Gasteiger partial charge on any atom is -0.461 e. The lowest BCUT2D eigenvalue weighted by molar-refractivity contribution is 0.00462. The standard InChI is InChI=1S/C10H12N2O3/c1-2-15-10(13)8-3-4-11-9(12-8)7-5-14-6-7/h3-4,7H,2,5-6H2,1H3. The second kappa shape index (κ2) is 4.35. The van der Waals surface area contributed by atoms with Crippen LogP contribution in [0.1, 0.15) is 29.2 Å². The molecular weight excluding hydrogens is 196 g/mol. The van der Waals surface area contributed by atoms with Crippen molar-refractivity contribution in [1.82, 2.24) is 9.97 Å². The van der Waals surface area contributed by atoms with Crippen LogP contribution in [0.3, 0.4) is 0 Å². The molecule has 80 valence electrons. The fourth-order valence-corrected chi connectivity index (χ4v) is 1.27. The number of nitrogens with zero attached hydrogens (tertiary/aromatic N) is 2. The van der Waals surface area contributed by atoms with Crippen LogP contribution < -0.4 is 0 Å². The lowest BCUT2D eigenvalue weighted by atomic mass is 10.1. The van der Waals surface area contributed by atoms with E-state index in [9.17, 15) is 4.79 Å². The van der Waals surface area contributed by atoms with Crippen LogP contribution in [-0.4, -0.2) is 35.8 Å². The Morgan fingerprint density at radius 3 is 3.07 bits per heavy atom. The average Bonchev–Trinajstić information content (AvgIpc) is 2.16. The zero-order chi connectivity index (χ0) is 10.7. The quantitative estimate of drug-likeness (QED) is 0.686. The van der Waals surface area contributed by atoms with Crippen molar-refractivity contribution >= 4 is 5.97 Å². The SMILES string of the molecule is CCOC(=O)c1ccnc(C2COC2)n1. The minimum atomic E-state index is -0.401. The first-order chi connectivity index (χ1) is 7.31. The molecule has 0 amide bonds. The molecule has 1 fully saturated rings. The molecule has 1 aliphatic rings. The topological polar surface area (TPSA) is 61.3 Å². The molecule has 15 heavy (non-hydrogen) atoms. The molecule has 1 aromatic rings. The number of carbonyl (C=O) groups excluding carboxylic acids is 1. The molecule has 0 aromatic carbocycles. The Hall–Kier alpha value is -1.49. The Balaban J connectivity index is 2.14. The average molecular weight is 208 g/mol. The monoisotopic (exact) mass is 208 g/mol. The van der Waals surface area contributed by atoms with Crippen molar-refractivity contribution in [1.29, 1.82) is 0 Å². The minimum absolute atomic E-state index is 0.222. The van der Waals surface area contributed by atoms with Gasteiger partial charge < -0.3 is 9.47 Å². The summed E-state index contributed by atoms with van der Waals surface area (Å²) in [6, 6.07) is 1.56. The zero-order valence-electron chi connectivity index (χ0n) is 8.47. The van der Waals surface area contributed by atoms with Gasteiger partial charge in [0, 0.05) is 6.20 Å². The van der Waals surface area contributed by atoms with E-state index in [1.165, 1.54) is 0 Å². The highest BCUT2D eigenvalue weighted by Gasteiger charge is 2.24. The summed E-state index contributed by atoms with van der Waals surface area (Å²) in [6.45, 7) is 3.38. The van der Waals surface area contributed by atoms with E-state index in [-0.39, 0.29) is 5.92 Å². The van der Waals surface area contributed by atoms with E-state index in [0.717, 1.165) is 0 Å². The molecule has 0 bridgehead atoms. The third kappa shape index (κ3) is 2.12. The van der Waals surface area contributed by atoms with Crippen molar-refractivity contribution in [3.8, 4) is 0 Å². The lowest BCUT2D eigenvalue weighted by Gasteiger charge is -2.24. The first-order valence-corrected chi connectivity index (χ1v) is 4.89. The Morgan fingerprint density at radius 1 is 1.67 bits per heavy atom. The number of carbonyl (C=O) groups is 1. The molecule has 0 saturated carbocycles. The van der Waals surface area contributed by atoms with E-state index in [4.69, 9.17) is 9.47 Å². The molecule has 0 atom stereocenters. The number of esters is 1. The van der Waals surface area contributed by atoms with Crippen molar-refractivity contribution in [2.24, 2.45) is 0 Å². The fourth-order valence-electron chi connectivity index (χ4n) is 1.27. The molecule has 1 aromatic heterocycles. The van der Waals surface area contributed by atoms with Gasteiger partial charge in [-0.05, 0) is 13.0 Å². The zero-order valence-corrected chi connectivity index (χ0v) is 8.47. The summed E-state index contributed by atoms with van der Waals surface area (Å²) in [6.07, 6.45) is 1.58. The van der Waals surface area contributed by atoms with Gasteiger partial charge in [0.05, 0.1) is 25.7 Å². The van der Waals surface area contributed by atoms with Gasteiger partial charge in [-0.2, -0.15) is 0 Å².